The second-order valence-electron chi connectivity index (χ2n) is 6.31. The van der Waals surface area contributed by atoms with Crippen molar-refractivity contribution in [3.8, 4) is 5.75 Å². The van der Waals surface area contributed by atoms with Crippen molar-refractivity contribution < 1.29 is 9.84 Å². The number of hydrogen-bond donors (Lipinski definition) is 2. The molecule has 1 aromatic carbocycles. The average Bonchev–Trinajstić information content (AvgIpc) is 2.50. The molecule has 0 unspecified atom stereocenters. The number of benzene rings is 1. The smallest absolute Gasteiger partial charge is 0.124 e. The summed E-state index contributed by atoms with van der Waals surface area (Å²) in [7, 11) is 0. The summed E-state index contributed by atoms with van der Waals surface area (Å²) >= 11 is 0. The zero-order chi connectivity index (χ0) is 15.3. The van der Waals surface area contributed by atoms with Gasteiger partial charge in [-0.25, -0.2) is 0 Å². The predicted molar refractivity (Wildman–Crippen MR) is 85.7 cm³/mol. The molecule has 0 saturated carbocycles. The molecule has 1 aliphatic rings. The third-order valence-electron chi connectivity index (χ3n) is 4.18. The Kier molecular flexibility index (Phi) is 5.62. The summed E-state index contributed by atoms with van der Waals surface area (Å²) in [6.45, 7) is 11.1. The molecular formula is C17H28N2O2. The lowest BCUT2D eigenvalue weighted by Gasteiger charge is -2.43. The van der Waals surface area contributed by atoms with Gasteiger partial charge in [0.15, 0.2) is 0 Å². The van der Waals surface area contributed by atoms with E-state index in [1.165, 1.54) is 5.56 Å². The quantitative estimate of drug-likeness (QED) is 0.842. The molecule has 2 rings (SSSR count). The Labute approximate surface area is 128 Å². The van der Waals surface area contributed by atoms with Crippen molar-refractivity contribution in [2.45, 2.75) is 26.8 Å². The number of rotatable bonds is 6. The molecule has 1 saturated heterocycles. The third kappa shape index (κ3) is 3.76. The first kappa shape index (κ1) is 16.3. The molecule has 1 fully saturated rings. The van der Waals surface area contributed by atoms with Gasteiger partial charge in [-0.3, -0.25) is 4.90 Å². The first-order valence-electron chi connectivity index (χ1n) is 7.87. The highest BCUT2D eigenvalue weighted by molar-refractivity contribution is 5.37. The molecule has 4 nitrogen and oxygen atoms in total. The topological polar surface area (TPSA) is 44.7 Å². The van der Waals surface area contributed by atoms with Gasteiger partial charge in [-0.2, -0.15) is 0 Å². The van der Waals surface area contributed by atoms with Crippen molar-refractivity contribution >= 4 is 0 Å². The van der Waals surface area contributed by atoms with Crippen molar-refractivity contribution in [3.05, 3.63) is 29.8 Å². The van der Waals surface area contributed by atoms with Crippen LogP contribution in [-0.4, -0.2) is 49.4 Å². The van der Waals surface area contributed by atoms with Gasteiger partial charge in [0.25, 0.3) is 0 Å². The molecule has 21 heavy (non-hydrogen) atoms. The van der Waals surface area contributed by atoms with Crippen LogP contribution >= 0.6 is 0 Å². The van der Waals surface area contributed by atoms with E-state index in [2.05, 4.69) is 36.2 Å². The summed E-state index contributed by atoms with van der Waals surface area (Å²) in [5, 5.41) is 13.3. The normalized spacial score (nSPS) is 18.5. The number of aliphatic hydroxyl groups excluding tert-OH is 1. The highest BCUT2D eigenvalue weighted by atomic mass is 16.5. The van der Waals surface area contributed by atoms with E-state index < -0.39 is 0 Å². The molecule has 1 aromatic rings. The first-order valence-corrected chi connectivity index (χ1v) is 7.87. The molecule has 118 valence electrons. The standard InChI is InChI=1S/C17H28N2O2/c1-4-21-15-8-6-5-7-14(15)16(17(2,3)13-20)19-11-9-18-10-12-19/h5-8,16,18,20H,4,9-13H2,1-3H3/t16-/m0/s1. The Bertz CT molecular complexity index is 442. The maximum Gasteiger partial charge on any atom is 0.124 e. The number of aliphatic hydroxyl groups is 1. The van der Waals surface area contributed by atoms with Gasteiger partial charge in [-0.1, -0.05) is 32.0 Å². The van der Waals surface area contributed by atoms with E-state index in [0.717, 1.165) is 31.9 Å². The molecule has 1 heterocycles. The van der Waals surface area contributed by atoms with Crippen LogP contribution in [0.15, 0.2) is 24.3 Å². The van der Waals surface area contributed by atoms with E-state index in [4.69, 9.17) is 4.74 Å². The first-order chi connectivity index (χ1) is 10.1. The minimum Gasteiger partial charge on any atom is -0.494 e. The maximum absolute atomic E-state index is 9.89. The van der Waals surface area contributed by atoms with Gasteiger partial charge in [-0.15, -0.1) is 0 Å². The van der Waals surface area contributed by atoms with E-state index in [9.17, 15) is 5.11 Å². The summed E-state index contributed by atoms with van der Waals surface area (Å²) in [6.07, 6.45) is 0. The van der Waals surface area contributed by atoms with E-state index in [1.807, 2.05) is 19.1 Å². The molecule has 1 aliphatic heterocycles. The fraction of sp³-hybridized carbons (Fsp3) is 0.647. The van der Waals surface area contributed by atoms with Gasteiger partial charge in [-0.05, 0) is 13.0 Å². The van der Waals surface area contributed by atoms with E-state index >= 15 is 0 Å². The van der Waals surface area contributed by atoms with Crippen molar-refractivity contribution in [3.63, 3.8) is 0 Å². The van der Waals surface area contributed by atoms with Crippen LogP contribution < -0.4 is 10.1 Å². The van der Waals surface area contributed by atoms with Crippen molar-refractivity contribution in [2.24, 2.45) is 5.41 Å². The highest BCUT2D eigenvalue weighted by Crippen LogP contribution is 2.41. The summed E-state index contributed by atoms with van der Waals surface area (Å²) in [4.78, 5) is 2.46. The molecule has 0 bridgehead atoms. The minimum absolute atomic E-state index is 0.155. The lowest BCUT2D eigenvalue weighted by Crippen LogP contribution is -2.49. The van der Waals surface area contributed by atoms with Crippen LogP contribution in [0.25, 0.3) is 0 Å². The second kappa shape index (κ2) is 7.25. The fourth-order valence-electron chi connectivity index (χ4n) is 3.13. The van der Waals surface area contributed by atoms with Crippen molar-refractivity contribution in [1.82, 2.24) is 10.2 Å². The van der Waals surface area contributed by atoms with E-state index in [1.54, 1.807) is 0 Å². The molecule has 1 atom stereocenters. The van der Waals surface area contributed by atoms with Crippen LogP contribution in [0.1, 0.15) is 32.4 Å². The summed E-state index contributed by atoms with van der Waals surface area (Å²) < 4.78 is 5.82. The molecular weight excluding hydrogens is 264 g/mol. The van der Waals surface area contributed by atoms with Gasteiger partial charge in [0.05, 0.1) is 6.61 Å². The number of nitrogens with zero attached hydrogens (tertiary/aromatic N) is 1. The Balaban J connectivity index is 2.39. The zero-order valence-electron chi connectivity index (χ0n) is 13.4. The molecule has 0 aliphatic carbocycles. The van der Waals surface area contributed by atoms with Crippen LogP contribution in [0.4, 0.5) is 0 Å². The van der Waals surface area contributed by atoms with Crippen LogP contribution in [-0.2, 0) is 0 Å². The lowest BCUT2D eigenvalue weighted by atomic mass is 9.79. The van der Waals surface area contributed by atoms with Gasteiger partial charge >= 0.3 is 0 Å². The zero-order valence-corrected chi connectivity index (χ0v) is 13.4. The van der Waals surface area contributed by atoms with Gasteiger partial charge in [0, 0.05) is 49.8 Å². The number of nitrogens with one attached hydrogen (secondary N) is 1. The number of hydrogen-bond acceptors (Lipinski definition) is 4. The fourth-order valence-corrected chi connectivity index (χ4v) is 3.13. The molecule has 2 N–H and O–H groups in total. The van der Waals surface area contributed by atoms with Gasteiger partial charge in [0.2, 0.25) is 0 Å². The largest absolute Gasteiger partial charge is 0.494 e. The number of para-hydroxylation sites is 1. The number of ether oxygens (including phenoxy) is 1. The van der Waals surface area contributed by atoms with Crippen LogP contribution in [0, 0.1) is 5.41 Å². The predicted octanol–water partition coefficient (Wildman–Crippen LogP) is 2.05. The Morgan fingerprint density at radius 3 is 2.57 bits per heavy atom. The van der Waals surface area contributed by atoms with Gasteiger partial charge < -0.3 is 15.2 Å². The molecule has 0 aromatic heterocycles. The van der Waals surface area contributed by atoms with Crippen molar-refractivity contribution in [1.29, 1.82) is 0 Å². The second-order valence-corrected chi connectivity index (χ2v) is 6.31. The van der Waals surface area contributed by atoms with Gasteiger partial charge in [0.1, 0.15) is 5.75 Å². The Morgan fingerprint density at radius 1 is 1.29 bits per heavy atom. The maximum atomic E-state index is 9.89. The van der Waals surface area contributed by atoms with E-state index in [0.29, 0.717) is 6.61 Å². The molecule has 4 heteroatoms. The number of piperazine rings is 1. The van der Waals surface area contributed by atoms with E-state index in [-0.39, 0.29) is 18.1 Å². The highest BCUT2D eigenvalue weighted by Gasteiger charge is 2.37. The summed E-state index contributed by atoms with van der Waals surface area (Å²) in [6, 6.07) is 8.39. The Morgan fingerprint density at radius 2 is 1.95 bits per heavy atom. The average molecular weight is 292 g/mol. The van der Waals surface area contributed by atoms with Crippen LogP contribution in [0.2, 0.25) is 0 Å². The summed E-state index contributed by atoms with van der Waals surface area (Å²) in [5.74, 6) is 0.935. The molecule has 0 spiro atoms. The lowest BCUT2D eigenvalue weighted by molar-refractivity contribution is 0.0290. The van der Waals surface area contributed by atoms with Crippen molar-refractivity contribution in [2.75, 3.05) is 39.4 Å². The molecule has 0 radical (unpaired) electrons. The summed E-state index contributed by atoms with van der Waals surface area (Å²) in [5.41, 5.74) is 0.963. The minimum atomic E-state index is -0.218. The van der Waals surface area contributed by atoms with Crippen LogP contribution in [0.3, 0.4) is 0 Å². The third-order valence-corrected chi connectivity index (χ3v) is 4.18. The molecule has 0 amide bonds. The van der Waals surface area contributed by atoms with Crippen LogP contribution in [0.5, 0.6) is 5.75 Å². The SMILES string of the molecule is CCOc1ccccc1[C@H](N1CCNCC1)C(C)(C)CO. The Hall–Kier alpha value is -1.10. The monoisotopic (exact) mass is 292 g/mol.